The second kappa shape index (κ2) is 10.8. The van der Waals surface area contributed by atoms with Gasteiger partial charge in [0.15, 0.2) is 5.69 Å². The Kier molecular flexibility index (Phi) is 7.83. The average molecular weight is 456 g/mol. The van der Waals surface area contributed by atoms with Gasteiger partial charge < -0.3 is 15.4 Å². The number of hydrogen-bond acceptors (Lipinski definition) is 6. The molecule has 1 aromatic carbocycles. The molecule has 2 amide bonds. The van der Waals surface area contributed by atoms with Crippen LogP contribution in [0.3, 0.4) is 0 Å². The SMILES string of the molecule is CCCn1c(N)c(N(CCOC)C(=O)/C=C/c2ccc(N3CCCC3=O)cc2)c(=O)[nH]c1=O. The van der Waals surface area contributed by atoms with Crippen molar-refractivity contribution in [3.8, 4) is 0 Å². The fraction of sp³-hybridized carbons (Fsp3) is 0.391. The molecule has 2 aromatic rings. The summed E-state index contributed by atoms with van der Waals surface area (Å²) in [5.41, 5.74) is 6.27. The maximum Gasteiger partial charge on any atom is 0.330 e. The molecule has 176 valence electrons. The van der Waals surface area contributed by atoms with Gasteiger partial charge in [-0.3, -0.25) is 28.8 Å². The third kappa shape index (κ3) is 5.40. The molecule has 0 spiro atoms. The molecule has 1 fully saturated rings. The Labute approximate surface area is 191 Å². The number of aromatic nitrogens is 2. The highest BCUT2D eigenvalue weighted by molar-refractivity contribution is 6.05. The third-order valence-corrected chi connectivity index (χ3v) is 5.41. The van der Waals surface area contributed by atoms with E-state index in [2.05, 4.69) is 4.98 Å². The van der Waals surface area contributed by atoms with Gasteiger partial charge in [0.05, 0.1) is 6.61 Å². The number of benzene rings is 1. The van der Waals surface area contributed by atoms with Crippen molar-refractivity contribution < 1.29 is 14.3 Å². The van der Waals surface area contributed by atoms with Crippen LogP contribution in [0.5, 0.6) is 0 Å². The van der Waals surface area contributed by atoms with E-state index in [0.29, 0.717) is 25.9 Å². The number of hydrogen-bond donors (Lipinski definition) is 2. The zero-order valence-corrected chi connectivity index (χ0v) is 18.9. The van der Waals surface area contributed by atoms with Crippen molar-refractivity contribution in [3.05, 3.63) is 56.7 Å². The van der Waals surface area contributed by atoms with E-state index in [0.717, 1.165) is 17.7 Å². The van der Waals surface area contributed by atoms with Crippen LogP contribution in [-0.2, 0) is 20.9 Å². The zero-order chi connectivity index (χ0) is 24.0. The summed E-state index contributed by atoms with van der Waals surface area (Å²) in [5.74, 6) is -0.442. The Morgan fingerprint density at radius 2 is 1.97 bits per heavy atom. The molecule has 10 nitrogen and oxygen atoms in total. The quantitative estimate of drug-likeness (QED) is 0.549. The topological polar surface area (TPSA) is 131 Å². The number of methoxy groups -OCH3 is 1. The van der Waals surface area contributed by atoms with Gasteiger partial charge >= 0.3 is 5.69 Å². The van der Waals surface area contributed by atoms with Crippen LogP contribution >= 0.6 is 0 Å². The average Bonchev–Trinajstić information content (AvgIpc) is 3.23. The maximum absolute atomic E-state index is 13.0. The molecule has 3 N–H and O–H groups in total. The van der Waals surface area contributed by atoms with Crippen molar-refractivity contribution in [3.63, 3.8) is 0 Å². The molecule has 0 atom stereocenters. The van der Waals surface area contributed by atoms with Crippen molar-refractivity contribution in [2.45, 2.75) is 32.7 Å². The van der Waals surface area contributed by atoms with Crippen LogP contribution in [-0.4, -0.2) is 48.2 Å². The number of nitrogens with two attached hydrogens (primary N) is 1. The number of aromatic amines is 1. The van der Waals surface area contributed by atoms with Crippen LogP contribution in [0.4, 0.5) is 17.2 Å². The fourth-order valence-corrected chi connectivity index (χ4v) is 3.74. The smallest absolute Gasteiger partial charge is 0.330 e. The van der Waals surface area contributed by atoms with Crippen molar-refractivity contribution >= 4 is 35.1 Å². The molecule has 1 aromatic heterocycles. The molecule has 0 radical (unpaired) electrons. The third-order valence-electron chi connectivity index (χ3n) is 5.41. The standard InChI is InChI=1S/C23H29N5O5/c1-3-12-28-21(24)20(22(31)25-23(28)32)27(14-15-33-2)19(30)11-8-16-6-9-17(10-7-16)26-13-4-5-18(26)29/h6-11H,3-5,12-15,24H2,1-2H3,(H,25,31,32)/b11-8+. The molecule has 10 heteroatoms. The predicted molar refractivity (Wildman–Crippen MR) is 127 cm³/mol. The van der Waals surface area contributed by atoms with Crippen molar-refractivity contribution in [1.82, 2.24) is 9.55 Å². The molecule has 0 saturated carbocycles. The van der Waals surface area contributed by atoms with E-state index >= 15 is 0 Å². The number of amides is 2. The largest absolute Gasteiger partial charge is 0.383 e. The first-order valence-electron chi connectivity index (χ1n) is 10.9. The molecule has 3 rings (SSSR count). The van der Waals surface area contributed by atoms with Crippen molar-refractivity contribution in [2.24, 2.45) is 0 Å². The summed E-state index contributed by atoms with van der Waals surface area (Å²) >= 11 is 0. The molecular formula is C23H29N5O5. The molecular weight excluding hydrogens is 426 g/mol. The molecule has 0 aliphatic carbocycles. The van der Waals surface area contributed by atoms with Crippen LogP contribution in [0, 0.1) is 0 Å². The molecule has 33 heavy (non-hydrogen) atoms. The fourth-order valence-electron chi connectivity index (χ4n) is 3.74. The summed E-state index contributed by atoms with van der Waals surface area (Å²) < 4.78 is 6.33. The second-order valence-electron chi connectivity index (χ2n) is 7.70. The lowest BCUT2D eigenvalue weighted by Crippen LogP contribution is -2.42. The van der Waals surface area contributed by atoms with Crippen LogP contribution in [0.25, 0.3) is 6.08 Å². The summed E-state index contributed by atoms with van der Waals surface area (Å²) in [7, 11) is 1.48. The van der Waals surface area contributed by atoms with Gasteiger partial charge in [-0.1, -0.05) is 19.1 Å². The highest BCUT2D eigenvalue weighted by atomic mass is 16.5. The van der Waals surface area contributed by atoms with Crippen molar-refractivity contribution in [1.29, 1.82) is 0 Å². The van der Waals surface area contributed by atoms with Crippen molar-refractivity contribution in [2.75, 3.05) is 42.3 Å². The number of H-pyrrole nitrogens is 1. The van der Waals surface area contributed by atoms with Crippen LogP contribution < -0.4 is 26.8 Å². The molecule has 1 saturated heterocycles. The lowest BCUT2D eigenvalue weighted by molar-refractivity contribution is -0.117. The number of ether oxygens (including phenoxy) is 1. The van der Waals surface area contributed by atoms with Gasteiger partial charge in [0.25, 0.3) is 11.5 Å². The summed E-state index contributed by atoms with van der Waals surface area (Å²) in [6, 6.07) is 7.29. The first-order valence-corrected chi connectivity index (χ1v) is 10.9. The Hall–Kier alpha value is -3.66. The zero-order valence-electron chi connectivity index (χ0n) is 18.9. The van der Waals surface area contributed by atoms with Gasteiger partial charge in [-0.05, 0) is 36.6 Å². The summed E-state index contributed by atoms with van der Waals surface area (Å²) in [4.78, 5) is 54.8. The van der Waals surface area contributed by atoms with E-state index in [1.54, 1.807) is 11.0 Å². The van der Waals surface area contributed by atoms with Crippen LogP contribution in [0.1, 0.15) is 31.7 Å². The van der Waals surface area contributed by atoms with Gasteiger partial charge in [0.2, 0.25) is 5.91 Å². The first kappa shape index (κ1) is 24.0. The van der Waals surface area contributed by atoms with E-state index in [9.17, 15) is 19.2 Å². The number of nitrogens with one attached hydrogen (secondary N) is 1. The van der Waals surface area contributed by atoms with Gasteiger partial charge in [0.1, 0.15) is 5.82 Å². The minimum absolute atomic E-state index is 0.0666. The Morgan fingerprint density at radius 3 is 2.58 bits per heavy atom. The van der Waals surface area contributed by atoms with E-state index in [1.165, 1.54) is 22.7 Å². The lowest BCUT2D eigenvalue weighted by Gasteiger charge is -2.23. The maximum atomic E-state index is 13.0. The van der Waals surface area contributed by atoms with Gasteiger partial charge in [-0.25, -0.2) is 4.79 Å². The highest BCUT2D eigenvalue weighted by Gasteiger charge is 2.23. The Morgan fingerprint density at radius 1 is 1.24 bits per heavy atom. The normalized spacial score (nSPS) is 13.8. The molecule has 1 aliphatic rings. The molecule has 1 aliphatic heterocycles. The predicted octanol–water partition coefficient (Wildman–Crippen LogP) is 1.35. The number of nitrogens with zero attached hydrogens (tertiary/aromatic N) is 3. The minimum atomic E-state index is -0.734. The van der Waals surface area contributed by atoms with Crippen LogP contribution in [0.2, 0.25) is 0 Å². The van der Waals surface area contributed by atoms with E-state index in [4.69, 9.17) is 10.5 Å². The number of anilines is 3. The highest BCUT2D eigenvalue weighted by Crippen LogP contribution is 2.22. The van der Waals surface area contributed by atoms with E-state index in [1.807, 2.05) is 31.2 Å². The summed E-state index contributed by atoms with van der Waals surface area (Å²) in [6.07, 6.45) is 4.98. The Balaban J connectivity index is 1.86. The molecule has 2 heterocycles. The number of nitrogen functional groups attached to an aromatic ring is 1. The molecule has 0 unspecified atom stereocenters. The van der Waals surface area contributed by atoms with Gasteiger partial charge in [-0.15, -0.1) is 0 Å². The first-order chi connectivity index (χ1) is 15.9. The monoisotopic (exact) mass is 455 g/mol. The van der Waals surface area contributed by atoms with Gasteiger partial charge in [-0.2, -0.15) is 0 Å². The number of rotatable bonds is 9. The lowest BCUT2D eigenvalue weighted by atomic mass is 10.1. The number of carbonyl (C=O) groups excluding carboxylic acids is 2. The molecule has 0 bridgehead atoms. The minimum Gasteiger partial charge on any atom is -0.383 e. The van der Waals surface area contributed by atoms with E-state index < -0.39 is 17.2 Å². The van der Waals surface area contributed by atoms with E-state index in [-0.39, 0.29) is 30.6 Å². The summed E-state index contributed by atoms with van der Waals surface area (Å²) in [5, 5.41) is 0. The summed E-state index contributed by atoms with van der Waals surface area (Å²) in [6.45, 7) is 3.13. The Bertz CT molecular complexity index is 1150. The number of carbonyl (C=O) groups is 2. The van der Waals surface area contributed by atoms with Crippen LogP contribution in [0.15, 0.2) is 39.9 Å². The van der Waals surface area contributed by atoms with Gasteiger partial charge in [0, 0.05) is 44.9 Å². The second-order valence-corrected chi connectivity index (χ2v) is 7.70.